The molecule has 0 atom stereocenters. The maximum absolute atomic E-state index is 13.0. The average molecular weight is 402 g/mol. The number of aromatic nitrogens is 3. The number of carbonyl (C=O) groups is 2. The van der Waals surface area contributed by atoms with Gasteiger partial charge in [0.2, 0.25) is 0 Å². The van der Waals surface area contributed by atoms with Gasteiger partial charge < -0.3 is 5.32 Å². The van der Waals surface area contributed by atoms with Gasteiger partial charge in [-0.15, -0.1) is 0 Å². The van der Waals surface area contributed by atoms with Gasteiger partial charge in [0.1, 0.15) is 0 Å². The molecule has 3 rings (SSSR count). The molecule has 0 saturated carbocycles. The summed E-state index contributed by atoms with van der Waals surface area (Å²) < 4.78 is 40.2. The number of ketones is 1. The maximum atomic E-state index is 13.0. The first kappa shape index (κ1) is 20.2. The molecule has 0 radical (unpaired) electrons. The molecule has 2 heterocycles. The Labute approximate surface area is 164 Å². The van der Waals surface area contributed by atoms with Gasteiger partial charge in [0, 0.05) is 6.20 Å². The second kappa shape index (κ2) is 7.86. The molecule has 2 aromatic heterocycles. The topological polar surface area (TPSA) is 76.9 Å². The van der Waals surface area contributed by atoms with Crippen molar-refractivity contribution in [3.05, 3.63) is 76.9 Å². The summed E-state index contributed by atoms with van der Waals surface area (Å²) in [6.07, 6.45) is -2.94. The van der Waals surface area contributed by atoms with Crippen LogP contribution in [0.1, 0.15) is 33.0 Å². The zero-order chi connectivity index (χ0) is 21.2. The van der Waals surface area contributed by atoms with E-state index in [0.29, 0.717) is 5.69 Å². The van der Waals surface area contributed by atoms with Gasteiger partial charge in [-0.1, -0.05) is 12.1 Å². The molecule has 29 heavy (non-hydrogen) atoms. The largest absolute Gasteiger partial charge is 0.416 e. The number of pyridine rings is 1. The second-order valence-corrected chi connectivity index (χ2v) is 6.34. The Hall–Kier alpha value is -3.49. The van der Waals surface area contributed by atoms with Crippen LogP contribution in [-0.4, -0.2) is 26.5 Å². The molecule has 0 aliphatic carbocycles. The summed E-state index contributed by atoms with van der Waals surface area (Å²) in [4.78, 5) is 28.9. The number of hydrogen-bond acceptors (Lipinski definition) is 4. The molecule has 0 aliphatic rings. The van der Waals surface area contributed by atoms with Crippen LogP contribution in [0.2, 0.25) is 0 Å². The number of halogens is 3. The fourth-order valence-corrected chi connectivity index (χ4v) is 2.90. The smallest absolute Gasteiger partial charge is 0.344 e. The third-order valence-corrected chi connectivity index (χ3v) is 4.30. The number of amides is 1. The van der Waals surface area contributed by atoms with Gasteiger partial charge in [0.25, 0.3) is 11.7 Å². The van der Waals surface area contributed by atoms with Crippen LogP contribution >= 0.6 is 0 Å². The zero-order valence-electron chi connectivity index (χ0n) is 15.6. The molecular weight excluding hydrogens is 385 g/mol. The maximum Gasteiger partial charge on any atom is 0.416 e. The first-order valence-electron chi connectivity index (χ1n) is 8.64. The van der Waals surface area contributed by atoms with Crippen molar-refractivity contribution in [3.8, 4) is 5.69 Å². The van der Waals surface area contributed by atoms with Gasteiger partial charge >= 0.3 is 6.18 Å². The normalized spacial score (nSPS) is 11.3. The predicted octanol–water partition coefficient (Wildman–Crippen LogP) is 3.40. The highest BCUT2D eigenvalue weighted by Crippen LogP contribution is 2.30. The Morgan fingerprint density at radius 2 is 1.86 bits per heavy atom. The number of aryl methyl sites for hydroxylation is 1. The SMILES string of the molecule is Cc1nn(-c2cccc(C(F)(F)F)c2)c(C)c1C(=O)C(=O)NCc1ccccn1. The van der Waals surface area contributed by atoms with Crippen LogP contribution in [-0.2, 0) is 17.5 Å². The van der Waals surface area contributed by atoms with Crippen molar-refractivity contribution in [1.29, 1.82) is 0 Å². The molecule has 3 aromatic rings. The second-order valence-electron chi connectivity index (χ2n) is 6.34. The van der Waals surface area contributed by atoms with Crippen LogP contribution in [0.5, 0.6) is 0 Å². The number of benzene rings is 1. The molecule has 0 unspecified atom stereocenters. The van der Waals surface area contributed by atoms with Crippen molar-refractivity contribution in [2.75, 3.05) is 0 Å². The number of rotatable bonds is 5. The van der Waals surface area contributed by atoms with Gasteiger partial charge in [-0.05, 0) is 44.2 Å². The lowest BCUT2D eigenvalue weighted by atomic mass is 10.1. The molecule has 0 fully saturated rings. The molecule has 1 aromatic carbocycles. The first-order chi connectivity index (χ1) is 13.7. The van der Waals surface area contributed by atoms with E-state index in [1.165, 1.54) is 30.7 Å². The summed E-state index contributed by atoms with van der Waals surface area (Å²) >= 11 is 0. The fraction of sp³-hybridized carbons (Fsp3) is 0.200. The van der Waals surface area contributed by atoms with E-state index in [1.807, 2.05) is 0 Å². The number of alkyl halides is 3. The van der Waals surface area contributed by atoms with Crippen LogP contribution in [0.4, 0.5) is 13.2 Å². The molecule has 1 N–H and O–H groups in total. The lowest BCUT2D eigenvalue weighted by Crippen LogP contribution is -2.31. The Balaban J connectivity index is 1.86. The van der Waals surface area contributed by atoms with Crippen molar-refractivity contribution < 1.29 is 22.8 Å². The van der Waals surface area contributed by atoms with E-state index in [1.54, 1.807) is 24.4 Å². The summed E-state index contributed by atoms with van der Waals surface area (Å²) in [5, 5.41) is 6.65. The lowest BCUT2D eigenvalue weighted by molar-refractivity contribution is -0.137. The number of nitrogens with one attached hydrogen (secondary N) is 1. The third-order valence-electron chi connectivity index (χ3n) is 4.30. The van der Waals surface area contributed by atoms with E-state index < -0.39 is 23.4 Å². The van der Waals surface area contributed by atoms with E-state index in [4.69, 9.17) is 0 Å². The van der Waals surface area contributed by atoms with Crippen molar-refractivity contribution >= 4 is 11.7 Å². The highest BCUT2D eigenvalue weighted by Gasteiger charge is 2.31. The Morgan fingerprint density at radius 3 is 2.52 bits per heavy atom. The van der Waals surface area contributed by atoms with Gasteiger partial charge in [0.15, 0.2) is 0 Å². The Kier molecular flexibility index (Phi) is 5.49. The third kappa shape index (κ3) is 4.34. The molecule has 150 valence electrons. The number of Topliss-reactive ketones (excluding diaryl/α,β-unsaturated/α-hetero) is 1. The van der Waals surface area contributed by atoms with Crippen LogP contribution in [0.25, 0.3) is 5.69 Å². The summed E-state index contributed by atoms with van der Waals surface area (Å²) in [6.45, 7) is 3.13. The number of nitrogens with zero attached hydrogens (tertiary/aromatic N) is 3. The molecular formula is C20H17F3N4O2. The molecule has 6 nitrogen and oxygen atoms in total. The van der Waals surface area contributed by atoms with Crippen molar-refractivity contribution in [1.82, 2.24) is 20.1 Å². The predicted molar refractivity (Wildman–Crippen MR) is 98.5 cm³/mol. The summed E-state index contributed by atoms with van der Waals surface area (Å²) in [6, 6.07) is 9.78. The van der Waals surface area contributed by atoms with Gasteiger partial charge in [-0.2, -0.15) is 18.3 Å². The van der Waals surface area contributed by atoms with E-state index >= 15 is 0 Å². The number of hydrogen-bond donors (Lipinski definition) is 1. The summed E-state index contributed by atoms with van der Waals surface area (Å²) in [5.74, 6) is -1.65. The lowest BCUT2D eigenvalue weighted by Gasteiger charge is -2.10. The van der Waals surface area contributed by atoms with E-state index in [0.717, 1.165) is 12.1 Å². The Bertz CT molecular complexity index is 1060. The zero-order valence-corrected chi connectivity index (χ0v) is 15.6. The van der Waals surface area contributed by atoms with Crippen LogP contribution in [0.15, 0.2) is 48.7 Å². The first-order valence-corrected chi connectivity index (χ1v) is 8.64. The van der Waals surface area contributed by atoms with Crippen molar-refractivity contribution in [2.24, 2.45) is 0 Å². The van der Waals surface area contributed by atoms with E-state index in [2.05, 4.69) is 15.4 Å². The minimum Gasteiger partial charge on any atom is -0.344 e. The number of carbonyl (C=O) groups excluding carboxylic acids is 2. The summed E-state index contributed by atoms with van der Waals surface area (Å²) in [7, 11) is 0. The van der Waals surface area contributed by atoms with Crippen LogP contribution in [0, 0.1) is 13.8 Å². The van der Waals surface area contributed by atoms with E-state index in [-0.39, 0.29) is 29.2 Å². The Morgan fingerprint density at radius 1 is 1.10 bits per heavy atom. The molecule has 0 bridgehead atoms. The van der Waals surface area contributed by atoms with Crippen molar-refractivity contribution in [2.45, 2.75) is 26.6 Å². The average Bonchev–Trinajstić information content (AvgIpc) is 3.00. The van der Waals surface area contributed by atoms with Crippen molar-refractivity contribution in [3.63, 3.8) is 0 Å². The minimum atomic E-state index is -4.50. The monoisotopic (exact) mass is 402 g/mol. The van der Waals surface area contributed by atoms with Crippen LogP contribution < -0.4 is 5.32 Å². The molecule has 0 spiro atoms. The van der Waals surface area contributed by atoms with Gasteiger partial charge in [-0.3, -0.25) is 14.6 Å². The molecule has 1 amide bonds. The highest BCUT2D eigenvalue weighted by molar-refractivity contribution is 6.43. The quantitative estimate of drug-likeness (QED) is 0.524. The standard InChI is InChI=1S/C20H17F3N4O2/c1-12-17(18(28)19(29)25-11-15-7-3-4-9-24-15)13(2)27(26-12)16-8-5-6-14(10-16)20(21,22)23/h3-10H,11H2,1-2H3,(H,25,29). The molecule has 0 saturated heterocycles. The summed E-state index contributed by atoms with van der Waals surface area (Å²) in [5.41, 5.74) is 0.484. The molecule has 9 heteroatoms. The van der Waals surface area contributed by atoms with Gasteiger partial charge in [0.05, 0.1) is 40.4 Å². The molecule has 0 aliphatic heterocycles. The highest BCUT2D eigenvalue weighted by atomic mass is 19.4. The minimum absolute atomic E-state index is 0.0564. The van der Waals surface area contributed by atoms with Gasteiger partial charge in [-0.25, -0.2) is 4.68 Å². The fourth-order valence-electron chi connectivity index (χ4n) is 2.90. The van der Waals surface area contributed by atoms with E-state index in [9.17, 15) is 22.8 Å². The van der Waals surface area contributed by atoms with Crippen LogP contribution in [0.3, 0.4) is 0 Å².